The Labute approximate surface area is 217 Å². The summed E-state index contributed by atoms with van der Waals surface area (Å²) in [6.07, 6.45) is 5.64. The van der Waals surface area contributed by atoms with E-state index in [0.29, 0.717) is 37.2 Å². The molecule has 2 aliphatic heterocycles. The van der Waals surface area contributed by atoms with Gasteiger partial charge in [-0.2, -0.15) is 0 Å². The van der Waals surface area contributed by atoms with Crippen molar-refractivity contribution in [3.8, 4) is 11.5 Å². The first-order valence-electron chi connectivity index (χ1n) is 13.1. The van der Waals surface area contributed by atoms with Gasteiger partial charge in [-0.25, -0.2) is 0 Å². The van der Waals surface area contributed by atoms with E-state index in [1.165, 1.54) is 6.92 Å². The molecule has 0 aromatic heterocycles. The maximum atomic E-state index is 13.4. The van der Waals surface area contributed by atoms with Gasteiger partial charge >= 0.3 is 5.97 Å². The lowest BCUT2D eigenvalue weighted by atomic mass is 9.48. The fourth-order valence-electron chi connectivity index (χ4n) is 7.57. The Bertz CT molecular complexity index is 1320. The number of nitrogens with zero attached hydrogens (tertiary/aromatic N) is 2. The SMILES string of the molecule is CC(=O)Oc1ccc2c3c1OC1C(N(C)C(=O)/C=C/c4cccc(C)c4)CC[C@@]4(O)[C@@H](C2)N(C)CC[C@]314. The van der Waals surface area contributed by atoms with Crippen molar-refractivity contribution in [3.63, 3.8) is 0 Å². The van der Waals surface area contributed by atoms with Gasteiger partial charge in [-0.05, 0) is 69.5 Å². The number of aliphatic hydroxyl groups is 1. The molecule has 2 aromatic carbocycles. The van der Waals surface area contributed by atoms with Crippen molar-refractivity contribution in [3.05, 3.63) is 64.7 Å². The molecular formula is C30H34N2O5. The zero-order valence-electron chi connectivity index (χ0n) is 21.9. The van der Waals surface area contributed by atoms with Crippen molar-refractivity contribution in [1.82, 2.24) is 9.80 Å². The summed E-state index contributed by atoms with van der Waals surface area (Å²) >= 11 is 0. The maximum Gasteiger partial charge on any atom is 0.308 e. The highest BCUT2D eigenvalue weighted by Gasteiger charge is 2.73. The molecule has 2 bridgehead atoms. The van der Waals surface area contributed by atoms with Gasteiger partial charge in [0.05, 0.1) is 17.1 Å². The second kappa shape index (κ2) is 8.43. The summed E-state index contributed by atoms with van der Waals surface area (Å²) in [6.45, 7) is 4.23. The highest BCUT2D eigenvalue weighted by Crippen LogP contribution is 2.65. The van der Waals surface area contributed by atoms with Crippen LogP contribution in [0.2, 0.25) is 0 Å². The summed E-state index contributed by atoms with van der Waals surface area (Å²) < 4.78 is 12.3. The summed E-state index contributed by atoms with van der Waals surface area (Å²) in [5.41, 5.74) is 2.56. The Balaban J connectivity index is 1.40. The van der Waals surface area contributed by atoms with Crippen LogP contribution >= 0.6 is 0 Å². The maximum absolute atomic E-state index is 13.4. The predicted molar refractivity (Wildman–Crippen MR) is 140 cm³/mol. The number of rotatable bonds is 4. The van der Waals surface area contributed by atoms with E-state index in [4.69, 9.17) is 9.47 Å². The number of likely N-dealkylation sites (N-methyl/N-ethyl adjacent to an activating group) is 2. The van der Waals surface area contributed by atoms with Gasteiger partial charge in [-0.1, -0.05) is 35.9 Å². The lowest BCUT2D eigenvalue weighted by molar-refractivity contribution is -0.195. The van der Waals surface area contributed by atoms with Gasteiger partial charge in [0.15, 0.2) is 11.5 Å². The van der Waals surface area contributed by atoms with Crippen LogP contribution in [0.5, 0.6) is 11.5 Å². The fraction of sp³-hybridized carbons (Fsp3) is 0.467. The van der Waals surface area contributed by atoms with Crippen LogP contribution < -0.4 is 9.47 Å². The molecule has 4 aliphatic rings. The molecular weight excluding hydrogens is 468 g/mol. The van der Waals surface area contributed by atoms with Crippen LogP contribution in [0.1, 0.15) is 48.4 Å². The van der Waals surface area contributed by atoms with E-state index in [-0.39, 0.29) is 18.0 Å². The third-order valence-electron chi connectivity index (χ3n) is 9.24. The van der Waals surface area contributed by atoms with Crippen molar-refractivity contribution in [2.45, 2.75) is 68.7 Å². The first-order chi connectivity index (χ1) is 17.7. The second-order valence-corrected chi connectivity index (χ2v) is 11.2. The minimum atomic E-state index is -0.991. The van der Waals surface area contributed by atoms with Gasteiger partial charge in [0.25, 0.3) is 0 Å². The highest BCUT2D eigenvalue weighted by molar-refractivity contribution is 5.92. The standard InChI is InChI=1S/C30H34N2O5/c1-18-6-5-7-20(16-18)8-11-25(34)32(4)22-12-13-30(35)24-17-21-9-10-23(36-19(2)33)27-26(21)29(30,28(22)37-27)14-15-31(24)3/h5-11,16,22,24,28,35H,12-15,17H2,1-4H3/b11-8+/t22?,24-,28?,29+,30-/m1/s1. The summed E-state index contributed by atoms with van der Waals surface area (Å²) in [5, 5.41) is 12.4. The van der Waals surface area contributed by atoms with E-state index in [9.17, 15) is 14.7 Å². The van der Waals surface area contributed by atoms with Gasteiger partial charge in [0.1, 0.15) is 6.10 Å². The number of esters is 1. The summed E-state index contributed by atoms with van der Waals surface area (Å²) in [4.78, 5) is 29.3. The van der Waals surface area contributed by atoms with Crippen LogP contribution in [0.4, 0.5) is 0 Å². The van der Waals surface area contributed by atoms with Gasteiger partial charge in [0, 0.05) is 31.7 Å². The third-order valence-corrected chi connectivity index (χ3v) is 9.24. The smallest absolute Gasteiger partial charge is 0.308 e. The molecule has 1 amide bonds. The molecule has 2 aromatic rings. The minimum Gasteiger partial charge on any atom is -0.483 e. The summed E-state index contributed by atoms with van der Waals surface area (Å²) in [6, 6.07) is 11.6. The molecule has 0 radical (unpaired) electrons. The molecule has 2 unspecified atom stereocenters. The third kappa shape index (κ3) is 3.40. The van der Waals surface area contributed by atoms with Crippen LogP contribution in [-0.4, -0.2) is 71.2 Å². The Hall–Kier alpha value is -3.16. The molecule has 6 rings (SSSR count). The predicted octanol–water partition coefficient (Wildman–Crippen LogP) is 3.24. The van der Waals surface area contributed by atoms with Crippen molar-refractivity contribution < 1.29 is 24.2 Å². The molecule has 194 valence electrons. The highest BCUT2D eigenvalue weighted by atomic mass is 16.6. The van der Waals surface area contributed by atoms with Gasteiger partial charge < -0.3 is 24.4 Å². The zero-order chi connectivity index (χ0) is 26.1. The molecule has 7 nitrogen and oxygen atoms in total. The van der Waals surface area contributed by atoms with E-state index >= 15 is 0 Å². The monoisotopic (exact) mass is 502 g/mol. The number of ether oxygens (including phenoxy) is 2. The van der Waals surface area contributed by atoms with E-state index in [1.807, 2.05) is 50.4 Å². The normalized spacial score (nSPS) is 31.5. The minimum absolute atomic E-state index is 0.0338. The largest absolute Gasteiger partial charge is 0.483 e. The van der Waals surface area contributed by atoms with E-state index in [0.717, 1.165) is 28.8 Å². The van der Waals surface area contributed by atoms with E-state index in [1.54, 1.807) is 17.0 Å². The molecule has 1 N–H and O–H groups in total. The quantitative estimate of drug-likeness (QED) is 0.393. The topological polar surface area (TPSA) is 79.3 Å². The van der Waals surface area contributed by atoms with Crippen molar-refractivity contribution >= 4 is 18.0 Å². The van der Waals surface area contributed by atoms with Gasteiger partial charge in [-0.15, -0.1) is 0 Å². The number of amides is 1. The van der Waals surface area contributed by atoms with Crippen LogP contribution in [-0.2, 0) is 21.4 Å². The molecule has 7 heteroatoms. The van der Waals surface area contributed by atoms with Crippen molar-refractivity contribution in [2.75, 3.05) is 20.6 Å². The Kier molecular flexibility index (Phi) is 5.51. The van der Waals surface area contributed by atoms with E-state index < -0.39 is 23.1 Å². The molecule has 1 saturated heterocycles. The number of hydrogen-bond acceptors (Lipinski definition) is 6. The lowest BCUT2D eigenvalue weighted by Gasteiger charge is -2.64. The number of benzene rings is 2. The zero-order valence-corrected chi connectivity index (χ0v) is 21.9. The van der Waals surface area contributed by atoms with Gasteiger partial charge in [0.2, 0.25) is 5.91 Å². The number of likely N-dealkylation sites (tertiary alicyclic amines) is 1. The average Bonchev–Trinajstić information content (AvgIpc) is 3.21. The first kappa shape index (κ1) is 24.2. The lowest BCUT2D eigenvalue weighted by Crippen LogP contribution is -2.77. The van der Waals surface area contributed by atoms with Crippen LogP contribution in [0.15, 0.2) is 42.5 Å². The summed E-state index contributed by atoms with van der Waals surface area (Å²) in [5.74, 6) is 0.433. The van der Waals surface area contributed by atoms with Crippen molar-refractivity contribution in [2.24, 2.45) is 0 Å². The Morgan fingerprint density at radius 3 is 2.81 bits per heavy atom. The molecule has 1 saturated carbocycles. The van der Waals surface area contributed by atoms with Crippen LogP contribution in [0, 0.1) is 6.92 Å². The molecule has 1 spiro atoms. The van der Waals surface area contributed by atoms with Crippen molar-refractivity contribution in [1.29, 1.82) is 0 Å². The molecule has 2 aliphatic carbocycles. The number of carbonyl (C=O) groups excluding carboxylic acids is 2. The molecule has 5 atom stereocenters. The fourth-order valence-corrected chi connectivity index (χ4v) is 7.57. The number of hydrogen-bond donors (Lipinski definition) is 1. The number of piperidine rings is 1. The van der Waals surface area contributed by atoms with Crippen LogP contribution in [0.3, 0.4) is 0 Å². The van der Waals surface area contributed by atoms with E-state index in [2.05, 4.69) is 11.9 Å². The van der Waals surface area contributed by atoms with Crippen LogP contribution in [0.25, 0.3) is 6.08 Å². The molecule has 2 fully saturated rings. The Morgan fingerprint density at radius 1 is 1.24 bits per heavy atom. The Morgan fingerprint density at radius 2 is 2.05 bits per heavy atom. The number of carbonyl (C=O) groups is 2. The van der Waals surface area contributed by atoms with Gasteiger partial charge in [-0.3, -0.25) is 9.59 Å². The molecule has 37 heavy (non-hydrogen) atoms. The summed E-state index contributed by atoms with van der Waals surface area (Å²) in [7, 11) is 3.90. The number of aryl methyl sites for hydroxylation is 1. The first-order valence-corrected chi connectivity index (χ1v) is 13.1. The molecule has 2 heterocycles. The average molecular weight is 503 g/mol. The second-order valence-electron chi connectivity index (χ2n) is 11.2.